The van der Waals surface area contributed by atoms with Crippen molar-refractivity contribution in [1.29, 1.82) is 0 Å². The van der Waals surface area contributed by atoms with Gasteiger partial charge in [-0.3, -0.25) is 0 Å². The number of carbonyl (C=O) groups excluding carboxylic acids is 1. The van der Waals surface area contributed by atoms with Crippen molar-refractivity contribution in [3.63, 3.8) is 0 Å². The summed E-state index contributed by atoms with van der Waals surface area (Å²) in [5, 5.41) is 3.05. The van der Waals surface area contributed by atoms with E-state index in [9.17, 15) is 4.79 Å². The van der Waals surface area contributed by atoms with Crippen LogP contribution in [0, 0.1) is 19.8 Å². The highest BCUT2D eigenvalue weighted by Gasteiger charge is 2.26. The van der Waals surface area contributed by atoms with Gasteiger partial charge in [-0.15, -0.1) is 0 Å². The molecule has 0 bridgehead atoms. The second-order valence-electron chi connectivity index (χ2n) is 7.62. The molecule has 2 amide bonds. The van der Waals surface area contributed by atoms with Crippen molar-refractivity contribution in [2.24, 2.45) is 5.92 Å². The normalized spacial score (nSPS) is 13.4. The fourth-order valence-corrected chi connectivity index (χ4v) is 3.47. The first kappa shape index (κ1) is 17.5. The Kier molecular flexibility index (Phi) is 4.30. The van der Waals surface area contributed by atoms with Crippen LogP contribution < -0.4 is 5.32 Å². The SMILES string of the molecule is Cc1c(NC(=O)N2Cc3cnc(CC(C)C)nc3C2)cc2[nH]cnc2c1C. The van der Waals surface area contributed by atoms with Gasteiger partial charge in [-0.1, -0.05) is 13.8 Å². The fourth-order valence-electron chi connectivity index (χ4n) is 3.47. The van der Waals surface area contributed by atoms with E-state index in [1.807, 2.05) is 26.1 Å². The Labute approximate surface area is 158 Å². The molecule has 0 radical (unpaired) electrons. The number of urea groups is 1. The van der Waals surface area contributed by atoms with Gasteiger partial charge >= 0.3 is 6.03 Å². The van der Waals surface area contributed by atoms with Crippen LogP contribution in [0.5, 0.6) is 0 Å². The second kappa shape index (κ2) is 6.64. The van der Waals surface area contributed by atoms with Crippen LogP contribution in [0.1, 0.15) is 42.1 Å². The molecular weight excluding hydrogens is 340 g/mol. The Balaban J connectivity index is 1.52. The van der Waals surface area contributed by atoms with Crippen LogP contribution >= 0.6 is 0 Å². The number of amides is 2. The average molecular weight is 364 g/mol. The van der Waals surface area contributed by atoms with E-state index in [1.54, 1.807) is 11.2 Å². The van der Waals surface area contributed by atoms with Crippen LogP contribution in [0.25, 0.3) is 11.0 Å². The molecular formula is C20H24N6O. The number of benzene rings is 1. The molecule has 3 aromatic rings. The van der Waals surface area contributed by atoms with Crippen molar-refractivity contribution in [1.82, 2.24) is 24.8 Å². The van der Waals surface area contributed by atoms with Crippen molar-refractivity contribution in [3.05, 3.63) is 46.8 Å². The van der Waals surface area contributed by atoms with Crippen molar-refractivity contribution >= 4 is 22.8 Å². The molecule has 7 nitrogen and oxygen atoms in total. The van der Waals surface area contributed by atoms with Crippen molar-refractivity contribution in [2.45, 2.75) is 47.2 Å². The highest BCUT2D eigenvalue weighted by Crippen LogP contribution is 2.27. The monoisotopic (exact) mass is 364 g/mol. The van der Waals surface area contributed by atoms with Gasteiger partial charge in [-0.2, -0.15) is 0 Å². The molecule has 0 saturated carbocycles. The van der Waals surface area contributed by atoms with E-state index >= 15 is 0 Å². The molecule has 2 aromatic heterocycles. The number of nitrogens with one attached hydrogen (secondary N) is 2. The van der Waals surface area contributed by atoms with E-state index < -0.39 is 0 Å². The van der Waals surface area contributed by atoms with E-state index in [0.29, 0.717) is 19.0 Å². The summed E-state index contributed by atoms with van der Waals surface area (Å²) in [7, 11) is 0. The van der Waals surface area contributed by atoms with E-state index in [1.165, 1.54) is 0 Å². The summed E-state index contributed by atoms with van der Waals surface area (Å²) in [5.41, 5.74) is 6.73. The molecule has 0 atom stereocenters. The quantitative estimate of drug-likeness (QED) is 0.741. The molecule has 2 N–H and O–H groups in total. The summed E-state index contributed by atoms with van der Waals surface area (Å²) < 4.78 is 0. The highest BCUT2D eigenvalue weighted by molar-refractivity contribution is 5.94. The van der Waals surface area contributed by atoms with E-state index in [-0.39, 0.29) is 6.03 Å². The number of hydrogen-bond acceptors (Lipinski definition) is 4. The lowest BCUT2D eigenvalue weighted by molar-refractivity contribution is 0.212. The lowest BCUT2D eigenvalue weighted by Crippen LogP contribution is -2.30. The summed E-state index contributed by atoms with van der Waals surface area (Å²) >= 11 is 0. The Morgan fingerprint density at radius 3 is 2.85 bits per heavy atom. The molecule has 7 heteroatoms. The van der Waals surface area contributed by atoms with E-state index in [0.717, 1.165) is 51.4 Å². The van der Waals surface area contributed by atoms with E-state index in [2.05, 4.69) is 39.1 Å². The number of H-pyrrole nitrogens is 1. The zero-order valence-electron chi connectivity index (χ0n) is 16.1. The highest BCUT2D eigenvalue weighted by atomic mass is 16.2. The lowest BCUT2D eigenvalue weighted by atomic mass is 10.1. The molecule has 0 fully saturated rings. The number of aromatic amines is 1. The number of rotatable bonds is 3. The van der Waals surface area contributed by atoms with Crippen molar-refractivity contribution < 1.29 is 4.79 Å². The zero-order valence-corrected chi connectivity index (χ0v) is 16.1. The van der Waals surface area contributed by atoms with Gasteiger partial charge in [0.15, 0.2) is 0 Å². The molecule has 3 heterocycles. The Bertz CT molecular complexity index is 1020. The van der Waals surface area contributed by atoms with Gasteiger partial charge in [-0.05, 0) is 37.0 Å². The predicted molar refractivity (Wildman–Crippen MR) is 104 cm³/mol. The molecule has 27 heavy (non-hydrogen) atoms. The summed E-state index contributed by atoms with van der Waals surface area (Å²) in [6.07, 6.45) is 4.38. The number of anilines is 1. The summed E-state index contributed by atoms with van der Waals surface area (Å²) in [6.45, 7) is 9.37. The molecule has 1 aliphatic rings. The Morgan fingerprint density at radius 1 is 1.26 bits per heavy atom. The van der Waals surface area contributed by atoms with E-state index in [4.69, 9.17) is 0 Å². The van der Waals surface area contributed by atoms with Crippen LogP contribution in [0.3, 0.4) is 0 Å². The molecule has 0 spiro atoms. The third kappa shape index (κ3) is 3.25. The largest absolute Gasteiger partial charge is 0.345 e. The fraction of sp³-hybridized carbons (Fsp3) is 0.400. The minimum atomic E-state index is -0.125. The Hall–Kier alpha value is -2.96. The summed E-state index contributed by atoms with van der Waals surface area (Å²) in [4.78, 5) is 31.1. The molecule has 1 aliphatic heterocycles. The zero-order chi connectivity index (χ0) is 19.1. The average Bonchev–Trinajstić information content (AvgIpc) is 3.25. The van der Waals surface area contributed by atoms with Gasteiger partial charge in [0.05, 0.1) is 36.1 Å². The number of nitrogens with zero attached hydrogens (tertiary/aromatic N) is 4. The Morgan fingerprint density at radius 2 is 2.07 bits per heavy atom. The van der Waals surface area contributed by atoms with Gasteiger partial charge in [0.25, 0.3) is 0 Å². The molecule has 0 aliphatic carbocycles. The summed E-state index contributed by atoms with van der Waals surface area (Å²) in [5.74, 6) is 1.36. The molecule has 140 valence electrons. The molecule has 4 rings (SSSR count). The molecule has 0 unspecified atom stereocenters. The number of imidazole rings is 1. The van der Waals surface area contributed by atoms with Gasteiger partial charge in [0.1, 0.15) is 5.82 Å². The maximum atomic E-state index is 12.8. The number of aryl methyl sites for hydroxylation is 1. The van der Waals surface area contributed by atoms with Gasteiger partial charge < -0.3 is 15.2 Å². The number of fused-ring (bicyclic) bond motifs is 2. The van der Waals surface area contributed by atoms with Crippen LogP contribution in [0.15, 0.2) is 18.6 Å². The maximum absolute atomic E-state index is 12.8. The van der Waals surface area contributed by atoms with Gasteiger partial charge in [0.2, 0.25) is 0 Å². The molecule has 1 aromatic carbocycles. The van der Waals surface area contributed by atoms with Crippen molar-refractivity contribution in [2.75, 3.05) is 5.32 Å². The first-order valence-corrected chi connectivity index (χ1v) is 9.25. The number of carbonyl (C=O) groups is 1. The van der Waals surface area contributed by atoms with Crippen molar-refractivity contribution in [3.8, 4) is 0 Å². The van der Waals surface area contributed by atoms with Gasteiger partial charge in [-0.25, -0.2) is 19.7 Å². The second-order valence-corrected chi connectivity index (χ2v) is 7.62. The van der Waals surface area contributed by atoms with Crippen LogP contribution in [-0.4, -0.2) is 30.9 Å². The van der Waals surface area contributed by atoms with Gasteiger partial charge in [0, 0.05) is 23.9 Å². The first-order valence-electron chi connectivity index (χ1n) is 9.25. The van der Waals surface area contributed by atoms with Crippen LogP contribution in [0.2, 0.25) is 0 Å². The number of aromatic nitrogens is 4. The van der Waals surface area contributed by atoms with Crippen LogP contribution in [-0.2, 0) is 19.5 Å². The third-order valence-electron chi connectivity index (χ3n) is 5.10. The van der Waals surface area contributed by atoms with Crippen LogP contribution in [0.4, 0.5) is 10.5 Å². The maximum Gasteiger partial charge on any atom is 0.322 e. The smallest absolute Gasteiger partial charge is 0.322 e. The predicted octanol–water partition coefficient (Wildman–Crippen LogP) is 3.72. The minimum absolute atomic E-state index is 0.125. The number of hydrogen-bond donors (Lipinski definition) is 2. The lowest BCUT2D eigenvalue weighted by Gasteiger charge is -2.18. The first-order chi connectivity index (χ1) is 12.9. The summed E-state index contributed by atoms with van der Waals surface area (Å²) in [6, 6.07) is 1.81. The molecule has 0 saturated heterocycles. The third-order valence-corrected chi connectivity index (χ3v) is 5.10. The topological polar surface area (TPSA) is 86.8 Å². The minimum Gasteiger partial charge on any atom is -0.345 e. The standard InChI is InChI=1S/C20H24N6O/c1-11(2)5-18-21-7-14-8-26(9-17(14)24-18)20(27)25-15-6-16-19(23-10-22-16)13(4)12(15)3/h6-7,10-11H,5,8-9H2,1-4H3,(H,22,23)(H,25,27).